The van der Waals surface area contributed by atoms with Gasteiger partial charge in [-0.3, -0.25) is 19.2 Å². The van der Waals surface area contributed by atoms with Gasteiger partial charge in [0.25, 0.3) is 11.8 Å². The number of halogens is 2. The fourth-order valence-electron chi connectivity index (χ4n) is 8.68. The van der Waals surface area contributed by atoms with Crippen LogP contribution in [-0.2, 0) is 20.9 Å². The Bertz CT molecular complexity index is 2370. The van der Waals surface area contributed by atoms with Gasteiger partial charge >= 0.3 is 0 Å². The first kappa shape index (κ1) is 54.3. The second kappa shape index (κ2) is 25.4. The highest BCUT2D eigenvalue weighted by atomic mass is 35.5. The Balaban J connectivity index is 0.000000178. The first-order valence-electron chi connectivity index (χ1n) is 24.3. The highest BCUT2D eigenvalue weighted by Gasteiger charge is 2.53. The quantitative estimate of drug-likeness (QED) is 0.0788. The number of aromatic nitrogens is 3. The molecule has 4 fully saturated rings. The summed E-state index contributed by atoms with van der Waals surface area (Å²) in [5, 5.41) is 11.9. The second-order valence-corrected chi connectivity index (χ2v) is 22.0. The maximum Gasteiger partial charge on any atom is 0.258 e. The molecule has 4 aliphatic rings. The molecule has 2 aliphatic carbocycles. The Morgan fingerprint density at radius 3 is 2.33 bits per heavy atom. The van der Waals surface area contributed by atoms with Crippen LogP contribution in [0.4, 0.5) is 21.8 Å². The minimum atomic E-state index is -1.75. The number of benzene rings is 2. The number of hydrogen-bond acceptors (Lipinski definition) is 13. The molecule has 0 spiro atoms. The number of amides is 4. The molecule has 380 valence electrons. The summed E-state index contributed by atoms with van der Waals surface area (Å²) in [6.45, 7) is 12.6. The monoisotopic (exact) mass is 1020 g/mol. The van der Waals surface area contributed by atoms with Gasteiger partial charge < -0.3 is 40.7 Å². The van der Waals surface area contributed by atoms with E-state index in [0.717, 1.165) is 62.6 Å². The normalized spacial score (nSPS) is 18.3. The summed E-state index contributed by atoms with van der Waals surface area (Å²) in [5.41, 5.74) is 4.69. The first-order valence-corrected chi connectivity index (χ1v) is 26.5. The van der Waals surface area contributed by atoms with E-state index in [1.165, 1.54) is 48.7 Å². The van der Waals surface area contributed by atoms with Crippen molar-refractivity contribution < 1.29 is 28.3 Å². The number of anilines is 3. The van der Waals surface area contributed by atoms with Crippen molar-refractivity contribution in [2.24, 2.45) is 5.92 Å². The number of alkyl halides is 1. The zero-order valence-electron chi connectivity index (χ0n) is 41.6. The summed E-state index contributed by atoms with van der Waals surface area (Å²) >= 11 is 9.42. The average Bonchev–Trinajstić information content (AvgIpc) is 3.74. The lowest BCUT2D eigenvalue weighted by molar-refractivity contribution is -0.139. The molecule has 0 radical (unpaired) electrons. The highest BCUT2D eigenvalue weighted by Crippen LogP contribution is 2.42. The molecule has 15 nitrogen and oxygen atoms in total. The van der Waals surface area contributed by atoms with Crippen LogP contribution >= 0.6 is 34.7 Å². The van der Waals surface area contributed by atoms with E-state index in [9.17, 15) is 23.6 Å². The fourth-order valence-corrected chi connectivity index (χ4v) is 11.0. The van der Waals surface area contributed by atoms with Gasteiger partial charge in [-0.05, 0) is 114 Å². The third-order valence-corrected chi connectivity index (χ3v) is 16.3. The molecule has 19 heteroatoms. The number of likely N-dealkylation sites (N-methyl/N-ethyl adjacent to an activating group) is 1. The molecule has 2 unspecified atom stereocenters. The van der Waals surface area contributed by atoms with E-state index in [-0.39, 0.29) is 30.7 Å². The van der Waals surface area contributed by atoms with Crippen LogP contribution in [0.3, 0.4) is 0 Å². The Morgan fingerprint density at radius 2 is 1.73 bits per heavy atom. The largest absolute Gasteiger partial charge is 0.495 e. The summed E-state index contributed by atoms with van der Waals surface area (Å²) in [6, 6.07) is 13.0. The summed E-state index contributed by atoms with van der Waals surface area (Å²) in [7, 11) is 5.35. The van der Waals surface area contributed by atoms with E-state index in [1.807, 2.05) is 48.2 Å². The molecule has 2 aliphatic heterocycles. The van der Waals surface area contributed by atoms with Crippen LogP contribution in [0, 0.1) is 12.8 Å². The maximum atomic E-state index is 14.3. The molecule has 2 aromatic carbocycles. The minimum absolute atomic E-state index is 0.00756. The van der Waals surface area contributed by atoms with Crippen molar-refractivity contribution in [3.05, 3.63) is 76.0 Å². The molecule has 8 rings (SSSR count). The van der Waals surface area contributed by atoms with Crippen molar-refractivity contribution in [3.63, 3.8) is 0 Å². The molecule has 70 heavy (non-hydrogen) atoms. The van der Waals surface area contributed by atoms with Crippen LogP contribution in [0.15, 0.2) is 54.2 Å². The van der Waals surface area contributed by atoms with Gasteiger partial charge in [0.1, 0.15) is 22.6 Å². The van der Waals surface area contributed by atoms with E-state index < -0.39 is 22.4 Å². The third kappa shape index (κ3) is 14.8. The lowest BCUT2D eigenvalue weighted by atomic mass is 9.91. The maximum absolute atomic E-state index is 14.3. The average molecular weight is 1020 g/mol. The Hall–Kier alpha value is -5.04. The van der Waals surface area contributed by atoms with Crippen molar-refractivity contribution in [1.82, 2.24) is 40.3 Å². The summed E-state index contributed by atoms with van der Waals surface area (Å²) in [6.07, 6.45) is 11.2. The smallest absolute Gasteiger partial charge is 0.258 e. The van der Waals surface area contributed by atoms with Crippen LogP contribution in [-0.4, -0.2) is 136 Å². The van der Waals surface area contributed by atoms with Crippen LogP contribution in [0.2, 0.25) is 5.02 Å². The second-order valence-electron chi connectivity index (χ2n) is 19.1. The number of nitrogens with one attached hydrogen (secondary N) is 4. The van der Waals surface area contributed by atoms with Gasteiger partial charge in [-0.15, -0.1) is 11.3 Å². The first-order chi connectivity index (χ1) is 33.5. The van der Waals surface area contributed by atoms with Crippen molar-refractivity contribution in [2.75, 3.05) is 70.3 Å². The van der Waals surface area contributed by atoms with Gasteiger partial charge in [0.15, 0.2) is 5.67 Å². The minimum Gasteiger partial charge on any atom is -0.495 e. The molecular weight excluding hydrogens is 951 g/mol. The van der Waals surface area contributed by atoms with Gasteiger partial charge in [0.2, 0.25) is 18.3 Å². The molecular formula is C51H70ClFN10O5S2. The zero-order valence-corrected chi connectivity index (χ0v) is 44.0. The van der Waals surface area contributed by atoms with E-state index >= 15 is 0 Å². The van der Waals surface area contributed by atoms with E-state index in [1.54, 1.807) is 55.5 Å². The van der Waals surface area contributed by atoms with E-state index in [2.05, 4.69) is 67.2 Å². The molecule has 2 aromatic heterocycles. The molecule has 2 atom stereocenters. The number of carbonyl (C=O) groups is 4. The van der Waals surface area contributed by atoms with Crippen LogP contribution < -0.4 is 26.0 Å². The number of ether oxygens (including phenoxy) is 1. The molecule has 4 aromatic rings. The van der Waals surface area contributed by atoms with Gasteiger partial charge in [0, 0.05) is 62.7 Å². The van der Waals surface area contributed by atoms with Crippen molar-refractivity contribution in [2.45, 2.75) is 115 Å². The molecule has 2 saturated carbocycles. The van der Waals surface area contributed by atoms with Crippen LogP contribution in [0.1, 0.15) is 100 Å². The zero-order chi connectivity index (χ0) is 50.4. The number of rotatable bonds is 16. The van der Waals surface area contributed by atoms with Crippen LogP contribution in [0.25, 0.3) is 10.4 Å². The van der Waals surface area contributed by atoms with Crippen molar-refractivity contribution in [3.8, 4) is 16.2 Å². The highest BCUT2D eigenvalue weighted by molar-refractivity contribution is 8.00. The van der Waals surface area contributed by atoms with Gasteiger partial charge in [0.05, 0.1) is 35.1 Å². The van der Waals surface area contributed by atoms with E-state index in [0.29, 0.717) is 52.7 Å². The summed E-state index contributed by atoms with van der Waals surface area (Å²) in [4.78, 5) is 68.5. The molecule has 4 heterocycles. The van der Waals surface area contributed by atoms with Crippen molar-refractivity contribution >= 4 is 76.3 Å². The topological polar surface area (TPSA) is 174 Å². The standard InChI is InChI=1S/C21H35FN2O2S.C18H23ClN6O2.C12H12N2OS/c1-15-8-7-13-24(15)18(25)17(23-19(26)21(22)11-12-21)20(2,3)27-14-16-9-5-4-6-10-16;1-20-16-13(19)11-21-18(23-16)22-14-5-4-12(10-15(14)27-3)17(26)25-8-6-24(2)7-9-25;1-9-12(16-8-14-9)11-4-2-10(3-5-11)6-13-7-15/h15-17H,4-14H2,1-3H3,(H,23,26);4-5,10-11H,6-9H2,1-3H3,(H2,20,21,22,23);2-5,7-8H,6H2,1H3,(H,13,15). The molecule has 4 N–H and O–H groups in total. The summed E-state index contributed by atoms with van der Waals surface area (Å²) in [5.74, 6) is 2.50. The number of thioether (sulfide) groups is 1. The summed E-state index contributed by atoms with van der Waals surface area (Å²) < 4.78 is 19.3. The number of piperazine rings is 1. The number of thiazole rings is 1. The molecule has 0 bridgehead atoms. The number of methoxy groups -OCH3 is 1. The Labute approximate surface area is 425 Å². The van der Waals surface area contributed by atoms with Gasteiger partial charge in [-0.2, -0.15) is 16.7 Å². The van der Waals surface area contributed by atoms with Crippen LogP contribution in [0.5, 0.6) is 5.75 Å². The predicted octanol–water partition coefficient (Wildman–Crippen LogP) is 8.75. The lowest BCUT2D eigenvalue weighted by Gasteiger charge is -2.38. The third-order valence-electron chi connectivity index (χ3n) is 13.4. The SMILES string of the molecule is CC1CCCN1C(=O)C(NC(=O)C1(F)CC1)C(C)(C)SCC1CCCCC1.CNc1nc(Nc2ccc(C(=O)N3CCN(C)CC3)cc2OC)ncc1Cl.Cc1ncsc1-c1ccc(CNC=O)cc1. The van der Waals surface area contributed by atoms with E-state index in [4.69, 9.17) is 16.3 Å². The lowest BCUT2D eigenvalue weighted by Crippen LogP contribution is -2.59. The van der Waals surface area contributed by atoms with Gasteiger partial charge in [-0.25, -0.2) is 14.4 Å². The number of likely N-dealkylation sites (tertiary alicyclic amines) is 1. The van der Waals surface area contributed by atoms with Crippen molar-refractivity contribution in [1.29, 1.82) is 0 Å². The van der Waals surface area contributed by atoms with Gasteiger partial charge in [-0.1, -0.05) is 55.1 Å². The predicted molar refractivity (Wildman–Crippen MR) is 280 cm³/mol. The number of aryl methyl sites for hydroxylation is 1. The molecule has 4 amide bonds. The number of nitrogens with zero attached hydrogens (tertiary/aromatic N) is 6. The Kier molecular flexibility index (Phi) is 19.7. The molecule has 2 saturated heterocycles. The fraction of sp³-hybridized carbons (Fsp3) is 0.549. The Morgan fingerprint density at radius 1 is 1.01 bits per heavy atom. The number of carbonyl (C=O) groups excluding carboxylic acids is 4. The number of hydrogen-bond donors (Lipinski definition) is 4.